The molecule has 1 N–H and O–H groups in total. The van der Waals surface area contributed by atoms with E-state index in [1.54, 1.807) is 42.2 Å². The van der Waals surface area contributed by atoms with E-state index in [1.807, 2.05) is 0 Å². The lowest BCUT2D eigenvalue weighted by molar-refractivity contribution is 0.104. The SMILES string of the molecule is COc1cc(OC)c(-c2ccnn2C)c(O)c1C(=O)/C=C/c1ccco1. The summed E-state index contributed by atoms with van der Waals surface area (Å²) >= 11 is 0. The first-order chi connectivity index (χ1) is 12.6. The number of methoxy groups -OCH3 is 2. The third-order valence-corrected chi connectivity index (χ3v) is 3.93. The maximum Gasteiger partial charge on any atom is 0.193 e. The zero-order chi connectivity index (χ0) is 18.7. The molecule has 7 heteroatoms. The Balaban J connectivity index is 2.15. The van der Waals surface area contributed by atoms with Gasteiger partial charge >= 0.3 is 0 Å². The van der Waals surface area contributed by atoms with Crippen LogP contribution in [0.5, 0.6) is 17.2 Å². The number of carbonyl (C=O) groups excluding carboxylic acids is 1. The number of furan rings is 1. The van der Waals surface area contributed by atoms with Crippen molar-refractivity contribution >= 4 is 11.9 Å². The number of aromatic nitrogens is 2. The number of allylic oxidation sites excluding steroid dienone is 1. The fraction of sp³-hybridized carbons (Fsp3) is 0.158. The minimum absolute atomic E-state index is 0.0345. The largest absolute Gasteiger partial charge is 0.506 e. The molecule has 2 aromatic heterocycles. The Kier molecular flexibility index (Phi) is 4.79. The number of phenols is 1. The van der Waals surface area contributed by atoms with E-state index in [9.17, 15) is 9.90 Å². The predicted octanol–water partition coefficient (Wildman–Crippen LogP) is 3.30. The van der Waals surface area contributed by atoms with Crippen LogP contribution in [-0.4, -0.2) is 34.9 Å². The summed E-state index contributed by atoms with van der Waals surface area (Å²) in [5.41, 5.74) is 1.00. The molecule has 0 aliphatic carbocycles. The van der Waals surface area contributed by atoms with Crippen molar-refractivity contribution < 1.29 is 23.8 Å². The molecule has 0 saturated heterocycles. The Hall–Kier alpha value is -3.48. The first kappa shape index (κ1) is 17.3. The van der Waals surface area contributed by atoms with Crippen molar-refractivity contribution in [2.75, 3.05) is 14.2 Å². The number of hydrogen-bond acceptors (Lipinski definition) is 6. The van der Waals surface area contributed by atoms with Gasteiger partial charge in [-0.25, -0.2) is 0 Å². The van der Waals surface area contributed by atoms with Crippen molar-refractivity contribution in [2.45, 2.75) is 0 Å². The molecule has 0 aliphatic rings. The molecule has 3 aromatic rings. The van der Waals surface area contributed by atoms with Crippen molar-refractivity contribution in [3.05, 3.63) is 54.1 Å². The van der Waals surface area contributed by atoms with E-state index < -0.39 is 5.78 Å². The topological polar surface area (TPSA) is 86.7 Å². The van der Waals surface area contributed by atoms with E-state index in [4.69, 9.17) is 13.9 Å². The molecule has 7 nitrogen and oxygen atoms in total. The molecule has 3 rings (SSSR count). The van der Waals surface area contributed by atoms with Crippen molar-refractivity contribution in [3.63, 3.8) is 0 Å². The molecule has 0 saturated carbocycles. The van der Waals surface area contributed by atoms with E-state index in [2.05, 4.69) is 5.10 Å². The molecule has 0 spiro atoms. The molecule has 26 heavy (non-hydrogen) atoms. The summed E-state index contributed by atoms with van der Waals surface area (Å²) in [7, 11) is 4.63. The van der Waals surface area contributed by atoms with Crippen molar-refractivity contribution in [3.8, 4) is 28.5 Å². The highest BCUT2D eigenvalue weighted by atomic mass is 16.5. The molecule has 0 bridgehead atoms. The zero-order valence-corrected chi connectivity index (χ0v) is 14.6. The van der Waals surface area contributed by atoms with Crippen LogP contribution in [0.25, 0.3) is 17.3 Å². The quantitative estimate of drug-likeness (QED) is 0.540. The minimum Gasteiger partial charge on any atom is -0.506 e. The molecule has 0 radical (unpaired) electrons. The van der Waals surface area contributed by atoms with Gasteiger partial charge in [-0.2, -0.15) is 5.10 Å². The summed E-state index contributed by atoms with van der Waals surface area (Å²) in [6, 6.07) is 6.72. The number of hydrogen-bond donors (Lipinski definition) is 1. The van der Waals surface area contributed by atoms with E-state index >= 15 is 0 Å². The fourth-order valence-corrected chi connectivity index (χ4v) is 2.68. The molecule has 0 amide bonds. The first-order valence-corrected chi connectivity index (χ1v) is 7.79. The van der Waals surface area contributed by atoms with Crippen LogP contribution >= 0.6 is 0 Å². The molecule has 0 atom stereocenters. The van der Waals surface area contributed by atoms with Crippen LogP contribution in [-0.2, 0) is 7.05 Å². The number of benzene rings is 1. The number of aryl methyl sites for hydroxylation is 1. The highest BCUT2D eigenvalue weighted by Crippen LogP contribution is 2.44. The second-order valence-corrected chi connectivity index (χ2v) is 5.43. The summed E-state index contributed by atoms with van der Waals surface area (Å²) in [6.45, 7) is 0. The van der Waals surface area contributed by atoms with E-state index in [1.165, 1.54) is 32.6 Å². The van der Waals surface area contributed by atoms with Crippen LogP contribution in [0, 0.1) is 0 Å². The van der Waals surface area contributed by atoms with E-state index in [0.717, 1.165) is 0 Å². The van der Waals surface area contributed by atoms with Crippen LogP contribution in [0.15, 0.2) is 47.2 Å². The normalized spacial score (nSPS) is 11.0. The van der Waals surface area contributed by atoms with Gasteiger partial charge < -0.3 is 19.0 Å². The monoisotopic (exact) mass is 354 g/mol. The second-order valence-electron chi connectivity index (χ2n) is 5.43. The van der Waals surface area contributed by atoms with Gasteiger partial charge in [0.25, 0.3) is 0 Å². The number of ketones is 1. The van der Waals surface area contributed by atoms with Crippen LogP contribution in [0.2, 0.25) is 0 Å². The Morgan fingerprint density at radius 2 is 2.04 bits per heavy atom. The van der Waals surface area contributed by atoms with Gasteiger partial charge in [-0.1, -0.05) is 0 Å². The summed E-state index contributed by atoms with van der Waals surface area (Å²) in [5.74, 6) is 0.437. The highest BCUT2D eigenvalue weighted by molar-refractivity contribution is 6.12. The third-order valence-electron chi connectivity index (χ3n) is 3.93. The number of aromatic hydroxyl groups is 1. The molecule has 1 aromatic carbocycles. The highest BCUT2D eigenvalue weighted by Gasteiger charge is 2.25. The molecular weight excluding hydrogens is 336 g/mol. The van der Waals surface area contributed by atoms with Crippen LogP contribution in [0.3, 0.4) is 0 Å². The van der Waals surface area contributed by atoms with Gasteiger partial charge in [-0.15, -0.1) is 0 Å². The van der Waals surface area contributed by atoms with Crippen LogP contribution < -0.4 is 9.47 Å². The summed E-state index contributed by atoms with van der Waals surface area (Å²) in [5, 5.41) is 15.0. The van der Waals surface area contributed by atoms with Gasteiger partial charge in [0.15, 0.2) is 5.78 Å². The minimum atomic E-state index is -0.429. The van der Waals surface area contributed by atoms with Crippen molar-refractivity contribution in [2.24, 2.45) is 7.05 Å². The number of rotatable bonds is 6. The van der Waals surface area contributed by atoms with Gasteiger partial charge in [0.05, 0.1) is 31.7 Å². The lowest BCUT2D eigenvalue weighted by atomic mass is 10.00. The third kappa shape index (κ3) is 3.06. The predicted molar refractivity (Wildman–Crippen MR) is 95.5 cm³/mol. The summed E-state index contributed by atoms with van der Waals surface area (Å²) in [6.07, 6.45) is 5.94. The Bertz CT molecular complexity index is 955. The molecular formula is C19H18N2O5. The Morgan fingerprint density at radius 1 is 1.27 bits per heavy atom. The maximum absolute atomic E-state index is 12.7. The lowest BCUT2D eigenvalue weighted by Crippen LogP contribution is -2.04. The number of nitrogens with zero attached hydrogens (tertiary/aromatic N) is 2. The first-order valence-electron chi connectivity index (χ1n) is 7.79. The molecule has 134 valence electrons. The maximum atomic E-state index is 12.7. The Labute approximate surface area is 150 Å². The van der Waals surface area contributed by atoms with Crippen LogP contribution in [0.4, 0.5) is 0 Å². The number of phenolic OH excluding ortho intramolecular Hbond substituents is 1. The van der Waals surface area contributed by atoms with E-state index in [-0.39, 0.29) is 17.1 Å². The molecule has 0 unspecified atom stereocenters. The number of carbonyl (C=O) groups is 1. The average molecular weight is 354 g/mol. The van der Waals surface area contributed by atoms with Gasteiger partial charge in [-0.05, 0) is 30.4 Å². The molecule has 0 fully saturated rings. The van der Waals surface area contributed by atoms with Gasteiger partial charge in [0.1, 0.15) is 28.6 Å². The molecule has 0 aliphatic heterocycles. The van der Waals surface area contributed by atoms with Gasteiger partial charge in [0.2, 0.25) is 0 Å². The van der Waals surface area contributed by atoms with Crippen LogP contribution in [0.1, 0.15) is 16.1 Å². The van der Waals surface area contributed by atoms with Crippen molar-refractivity contribution in [1.82, 2.24) is 9.78 Å². The second kappa shape index (κ2) is 7.18. The van der Waals surface area contributed by atoms with Gasteiger partial charge in [0, 0.05) is 19.3 Å². The zero-order valence-electron chi connectivity index (χ0n) is 14.6. The summed E-state index contributed by atoms with van der Waals surface area (Å²) in [4.78, 5) is 12.7. The lowest BCUT2D eigenvalue weighted by Gasteiger charge is -2.16. The number of ether oxygens (including phenoxy) is 2. The smallest absolute Gasteiger partial charge is 0.193 e. The fourth-order valence-electron chi connectivity index (χ4n) is 2.68. The summed E-state index contributed by atoms with van der Waals surface area (Å²) < 4.78 is 17.4. The Morgan fingerprint density at radius 3 is 2.62 bits per heavy atom. The standard InChI is InChI=1S/C19H18N2O5/c1-21-13(8-9-20-21)17-15(24-2)11-16(25-3)18(19(17)23)14(22)7-6-12-5-4-10-26-12/h4-11,23H,1-3H3/b7-6+. The van der Waals surface area contributed by atoms with Crippen molar-refractivity contribution in [1.29, 1.82) is 0 Å². The van der Waals surface area contributed by atoms with Gasteiger partial charge in [-0.3, -0.25) is 9.48 Å². The molecule has 2 heterocycles. The average Bonchev–Trinajstić information content (AvgIpc) is 3.30. The van der Waals surface area contributed by atoms with E-state index in [0.29, 0.717) is 22.8 Å².